The van der Waals surface area contributed by atoms with Gasteiger partial charge in [-0.1, -0.05) is 120 Å². The molecule has 79 heavy (non-hydrogen) atoms. The molecule has 0 aromatic heterocycles. The summed E-state index contributed by atoms with van der Waals surface area (Å²) >= 11 is 0. The quantitative estimate of drug-likeness (QED) is 0.0292. The molecule has 5 rings (SSSR count). The summed E-state index contributed by atoms with van der Waals surface area (Å²) in [5.41, 5.74) is 25.8. The predicted octanol–water partition coefficient (Wildman–Crippen LogP) is 5.31. The molecular formula is C61H93N7O11. The molecule has 438 valence electrons. The lowest BCUT2D eigenvalue weighted by atomic mass is 9.82. The first-order valence-electron chi connectivity index (χ1n) is 28.8. The average Bonchev–Trinajstić information content (AvgIpc) is 4.02. The molecule has 2 aliphatic rings. The molecule has 5 amide bonds. The number of rotatable bonds is 31. The molecule has 0 aliphatic carbocycles. The van der Waals surface area contributed by atoms with Crippen LogP contribution in [0.5, 0.6) is 5.75 Å². The second-order valence-electron chi connectivity index (χ2n) is 23.0. The highest BCUT2D eigenvalue weighted by Gasteiger charge is 2.54. The van der Waals surface area contributed by atoms with E-state index < -0.39 is 89.9 Å². The van der Waals surface area contributed by atoms with Crippen LogP contribution in [0.25, 0.3) is 0 Å². The lowest BCUT2D eigenvalue weighted by Gasteiger charge is -2.48. The van der Waals surface area contributed by atoms with E-state index in [0.29, 0.717) is 23.8 Å². The molecule has 3 aromatic carbocycles. The van der Waals surface area contributed by atoms with Gasteiger partial charge in [0.25, 0.3) is 11.8 Å². The molecule has 0 bridgehead atoms. The number of hydrogen-bond donors (Lipinski definition) is 9. The first-order valence-corrected chi connectivity index (χ1v) is 28.8. The van der Waals surface area contributed by atoms with E-state index in [2.05, 4.69) is 31.6 Å². The number of nitrogens with two attached hydrogens (primary N) is 3. The molecule has 0 saturated carbocycles. The highest BCUT2D eigenvalue weighted by molar-refractivity contribution is 6.06. The van der Waals surface area contributed by atoms with E-state index in [1.807, 2.05) is 51.1 Å². The molecule has 18 nitrogen and oxygen atoms in total. The Morgan fingerprint density at radius 2 is 1.41 bits per heavy atom. The van der Waals surface area contributed by atoms with Crippen molar-refractivity contribution < 1.29 is 54.0 Å². The van der Waals surface area contributed by atoms with Gasteiger partial charge in [0.15, 0.2) is 0 Å². The highest BCUT2D eigenvalue weighted by Crippen LogP contribution is 2.38. The topological polar surface area (TPSA) is 293 Å². The number of aliphatic hydroxyl groups excluding tert-OH is 3. The SMILES string of the molecule is CCCCCCC(C)CC(C)CC(C)C[C@@]1(ONCCCC[C@@H](C(N)=O)N(C(=O)[C@H](Cc2ccccc2)NC(=O)[C@@H](N)Cc2ccccc2)C(=O)[C@@H]2CCCN2C(=O)[C@@H](N)Cc2c(C)cc(O)cc2C)O[C@H](C)[C@@H](O)[C@H](O)[C@H]1O. The Morgan fingerprint density at radius 1 is 0.797 bits per heavy atom. The van der Waals surface area contributed by atoms with Crippen molar-refractivity contribution in [3.05, 3.63) is 101 Å². The van der Waals surface area contributed by atoms with Gasteiger partial charge in [-0.05, 0) is 136 Å². The Labute approximate surface area is 468 Å². The summed E-state index contributed by atoms with van der Waals surface area (Å²) in [7, 11) is 0. The number of amides is 5. The van der Waals surface area contributed by atoms with Crippen LogP contribution in [0, 0.1) is 31.6 Å². The molecule has 13 atom stereocenters. The van der Waals surface area contributed by atoms with Crippen molar-refractivity contribution in [2.24, 2.45) is 35.0 Å². The number of nitrogens with one attached hydrogen (secondary N) is 2. The minimum Gasteiger partial charge on any atom is -0.508 e. The van der Waals surface area contributed by atoms with E-state index in [-0.39, 0.29) is 76.1 Å². The molecule has 2 aliphatic heterocycles. The van der Waals surface area contributed by atoms with Crippen LogP contribution >= 0.6 is 0 Å². The van der Waals surface area contributed by atoms with E-state index in [0.717, 1.165) is 40.0 Å². The Kier molecular flexibility index (Phi) is 25.4. The first kappa shape index (κ1) is 64.5. The number of carbonyl (C=O) groups excluding carboxylic acids is 5. The molecule has 0 spiro atoms. The van der Waals surface area contributed by atoms with Crippen LogP contribution < -0.4 is 28.0 Å². The second-order valence-corrected chi connectivity index (χ2v) is 23.0. The zero-order valence-electron chi connectivity index (χ0n) is 47.9. The number of unbranched alkanes of at least 4 members (excludes halogenated alkanes) is 4. The molecule has 2 heterocycles. The molecule has 2 saturated heterocycles. The number of phenolic OH excluding ortho intramolecular Hbond substituents is 1. The van der Waals surface area contributed by atoms with Gasteiger partial charge in [-0.25, -0.2) is 0 Å². The fourth-order valence-electron chi connectivity index (χ4n) is 11.8. The molecule has 2 fully saturated rings. The third-order valence-electron chi connectivity index (χ3n) is 15.9. The number of ether oxygens (including phenoxy) is 1. The third kappa shape index (κ3) is 18.4. The van der Waals surface area contributed by atoms with Crippen LogP contribution in [-0.2, 0) is 52.8 Å². The fraction of sp³-hybridized carbons (Fsp3) is 0.623. The van der Waals surface area contributed by atoms with Crippen LogP contribution in [0.2, 0.25) is 0 Å². The van der Waals surface area contributed by atoms with Crippen LogP contribution in [0.3, 0.4) is 0 Å². The van der Waals surface area contributed by atoms with Crippen molar-refractivity contribution in [1.29, 1.82) is 0 Å². The van der Waals surface area contributed by atoms with E-state index in [1.165, 1.54) is 37.0 Å². The Morgan fingerprint density at radius 3 is 2.03 bits per heavy atom. The first-order chi connectivity index (χ1) is 37.6. The summed E-state index contributed by atoms with van der Waals surface area (Å²) in [6.07, 6.45) is 3.77. The van der Waals surface area contributed by atoms with Crippen molar-refractivity contribution in [2.75, 3.05) is 13.1 Å². The largest absolute Gasteiger partial charge is 0.508 e. The monoisotopic (exact) mass is 1100 g/mol. The number of aliphatic hydroxyl groups is 3. The van der Waals surface area contributed by atoms with E-state index in [4.69, 9.17) is 26.8 Å². The lowest BCUT2D eigenvalue weighted by molar-refractivity contribution is -0.379. The van der Waals surface area contributed by atoms with Gasteiger partial charge in [-0.15, -0.1) is 0 Å². The molecule has 3 unspecified atom stereocenters. The van der Waals surface area contributed by atoms with Crippen molar-refractivity contribution >= 4 is 29.5 Å². The number of aromatic hydroxyl groups is 1. The summed E-state index contributed by atoms with van der Waals surface area (Å²) in [6.45, 7) is 14.2. The summed E-state index contributed by atoms with van der Waals surface area (Å²) in [5, 5.41) is 46.2. The number of carbonyl (C=O) groups is 5. The number of benzene rings is 3. The number of primary amides is 1. The van der Waals surface area contributed by atoms with Gasteiger partial charge in [0.1, 0.15) is 42.2 Å². The highest BCUT2D eigenvalue weighted by atomic mass is 16.8. The molecule has 0 radical (unpaired) electrons. The summed E-state index contributed by atoms with van der Waals surface area (Å²) < 4.78 is 6.24. The number of hydrogen-bond acceptors (Lipinski definition) is 14. The number of nitrogens with zero attached hydrogens (tertiary/aromatic N) is 2. The Hall–Kier alpha value is -5.31. The standard InChI is InChI=1S/C61H93N7O11/c1-8-9-10-13-21-38(2)30-39(3)31-40(4)37-61(55(72)54(71)53(70)43(7)78-61)79-65-28-19-18-26-51(56(64)73)68(60(77)52-27-20-29-67(52)58(75)49(63)36-47-41(5)32-46(69)33-42(47)6)59(76)50(35-45-24-16-12-17-25-45)66-57(74)48(62)34-44-22-14-11-15-23-44/h11-12,14-17,22-25,32-33,38-40,43,48-55,65,69-72H,8-10,13,18-21,26-31,34-37,62-63H2,1-7H3,(H2,64,73)(H,66,74)/t38?,39?,40?,43-,48+,49+,50+,51+,52+,53-,54+,55-,61+/m1/s1. The minimum atomic E-state index is -1.73. The summed E-state index contributed by atoms with van der Waals surface area (Å²) in [4.78, 5) is 81.2. The fourth-order valence-corrected chi connectivity index (χ4v) is 11.8. The van der Waals surface area contributed by atoms with Gasteiger partial charge in [-0.2, -0.15) is 5.48 Å². The van der Waals surface area contributed by atoms with Crippen molar-refractivity contribution in [3.63, 3.8) is 0 Å². The predicted molar refractivity (Wildman–Crippen MR) is 303 cm³/mol. The molecule has 3 aromatic rings. The maximum Gasteiger partial charge on any atom is 0.252 e. The summed E-state index contributed by atoms with van der Waals surface area (Å²) in [6, 6.07) is 14.8. The summed E-state index contributed by atoms with van der Waals surface area (Å²) in [5.74, 6) is -4.69. The maximum atomic E-state index is 15.4. The maximum absolute atomic E-state index is 15.4. The van der Waals surface area contributed by atoms with Crippen LogP contribution in [0.1, 0.15) is 146 Å². The van der Waals surface area contributed by atoms with E-state index in [9.17, 15) is 34.8 Å². The average molecular weight is 1100 g/mol. The van der Waals surface area contributed by atoms with Crippen molar-refractivity contribution in [3.8, 4) is 5.75 Å². The second kappa shape index (κ2) is 31.0. The van der Waals surface area contributed by atoms with Gasteiger partial charge in [0.05, 0.1) is 18.2 Å². The number of imide groups is 1. The number of hydroxylamine groups is 1. The van der Waals surface area contributed by atoms with Gasteiger partial charge in [-0.3, -0.25) is 33.7 Å². The van der Waals surface area contributed by atoms with Gasteiger partial charge in [0.2, 0.25) is 23.5 Å². The van der Waals surface area contributed by atoms with E-state index >= 15 is 9.59 Å². The molecular weight excluding hydrogens is 1010 g/mol. The number of aryl methyl sites for hydroxylation is 2. The van der Waals surface area contributed by atoms with Crippen molar-refractivity contribution in [1.82, 2.24) is 20.6 Å². The van der Waals surface area contributed by atoms with Gasteiger partial charge >= 0.3 is 0 Å². The van der Waals surface area contributed by atoms with Gasteiger partial charge in [0, 0.05) is 25.9 Å². The van der Waals surface area contributed by atoms with Crippen LogP contribution in [0.4, 0.5) is 0 Å². The number of likely N-dealkylation sites (tertiary alicyclic amines) is 1. The smallest absolute Gasteiger partial charge is 0.252 e. The zero-order valence-corrected chi connectivity index (χ0v) is 47.9. The normalized spacial score (nSPS) is 23.0. The van der Waals surface area contributed by atoms with Gasteiger partial charge < -0.3 is 52.6 Å². The number of phenols is 1. The van der Waals surface area contributed by atoms with Crippen LogP contribution in [0.15, 0.2) is 72.8 Å². The minimum absolute atomic E-state index is 0.0182. The van der Waals surface area contributed by atoms with Crippen molar-refractivity contribution in [2.45, 2.75) is 212 Å². The van der Waals surface area contributed by atoms with E-state index in [1.54, 1.807) is 49.4 Å². The lowest BCUT2D eigenvalue weighted by Crippen LogP contribution is -2.66. The Bertz CT molecular complexity index is 2390. The molecule has 12 N–H and O–H groups in total. The Balaban J connectivity index is 1.38. The molecule has 18 heteroatoms. The zero-order chi connectivity index (χ0) is 58.0. The third-order valence-corrected chi connectivity index (χ3v) is 15.9. The van der Waals surface area contributed by atoms with Crippen LogP contribution in [-0.4, -0.2) is 133 Å².